The Bertz CT molecular complexity index is 423. The third-order valence-corrected chi connectivity index (χ3v) is 3.88. The third kappa shape index (κ3) is 2.36. The summed E-state index contributed by atoms with van der Waals surface area (Å²) < 4.78 is 0.333. The van der Waals surface area contributed by atoms with Crippen molar-refractivity contribution >= 4 is 34.4 Å². The second-order valence-corrected chi connectivity index (χ2v) is 5.91. The van der Waals surface area contributed by atoms with Crippen LogP contribution in [0.5, 0.6) is 0 Å². The van der Waals surface area contributed by atoms with Gasteiger partial charge in [0.1, 0.15) is 0 Å². The molecule has 1 aliphatic rings. The fourth-order valence-corrected chi connectivity index (χ4v) is 3.02. The molecule has 0 saturated carbocycles. The van der Waals surface area contributed by atoms with E-state index in [0.29, 0.717) is 21.6 Å². The van der Waals surface area contributed by atoms with Crippen molar-refractivity contribution in [2.24, 2.45) is 0 Å². The van der Waals surface area contributed by atoms with Gasteiger partial charge in [0, 0.05) is 10.5 Å². The van der Waals surface area contributed by atoms with Crippen LogP contribution in [0, 0.1) is 0 Å². The second-order valence-electron chi connectivity index (χ2n) is 4.15. The lowest BCUT2D eigenvalue weighted by molar-refractivity contribution is 0.0655. The Morgan fingerprint density at radius 2 is 1.71 bits per heavy atom. The molecule has 1 aromatic carbocycles. The minimum Gasteiger partial charge on any atom is -0.273 e. The van der Waals surface area contributed by atoms with Gasteiger partial charge in [-0.05, 0) is 18.6 Å². The van der Waals surface area contributed by atoms with Crippen LogP contribution in [0.2, 0.25) is 0 Å². The summed E-state index contributed by atoms with van der Waals surface area (Å²) in [6.45, 7) is 2.62. The average molecular weight is 343 g/mol. The Labute approximate surface area is 114 Å². The van der Waals surface area contributed by atoms with Gasteiger partial charge in [-0.1, -0.05) is 48.1 Å². The molecule has 0 aromatic heterocycles. The first kappa shape index (κ1) is 12.5. The minimum absolute atomic E-state index is 0.150. The number of alkyl halides is 1. The zero-order valence-corrected chi connectivity index (χ0v) is 11.8. The molecule has 2 amide bonds. The summed E-state index contributed by atoms with van der Waals surface area (Å²) in [5.41, 5.74) is 1.08. The van der Waals surface area contributed by atoms with Crippen LogP contribution in [-0.4, -0.2) is 27.2 Å². The number of hydrogen-bond donors (Lipinski definition) is 0. The van der Waals surface area contributed by atoms with E-state index < -0.39 is 0 Å². The number of fused-ring (bicyclic) bond motifs is 1. The standard InChI is InChI=1S/C13H14INO2/c1-2-5-9(14)8-15-12(16)10-6-3-4-7-11(10)13(15)17/h3-4,6-7,9H,2,5,8H2,1H3. The van der Waals surface area contributed by atoms with E-state index in [1.807, 2.05) is 0 Å². The summed E-state index contributed by atoms with van der Waals surface area (Å²) in [5, 5.41) is 0. The zero-order valence-electron chi connectivity index (χ0n) is 9.65. The summed E-state index contributed by atoms with van der Waals surface area (Å²) in [6, 6.07) is 7.03. The Balaban J connectivity index is 2.19. The van der Waals surface area contributed by atoms with E-state index in [-0.39, 0.29) is 11.8 Å². The van der Waals surface area contributed by atoms with Crippen LogP contribution in [0.1, 0.15) is 40.5 Å². The van der Waals surface area contributed by atoms with Crippen LogP contribution in [0.3, 0.4) is 0 Å². The number of rotatable bonds is 4. The third-order valence-electron chi connectivity index (χ3n) is 2.86. The molecule has 0 saturated heterocycles. The molecule has 0 bridgehead atoms. The highest BCUT2D eigenvalue weighted by Crippen LogP contribution is 2.24. The predicted octanol–water partition coefficient (Wildman–Crippen LogP) is 2.89. The summed E-state index contributed by atoms with van der Waals surface area (Å²) in [7, 11) is 0. The van der Waals surface area contributed by atoms with E-state index in [2.05, 4.69) is 29.5 Å². The van der Waals surface area contributed by atoms with Gasteiger partial charge in [0.05, 0.1) is 11.1 Å². The van der Waals surface area contributed by atoms with Gasteiger partial charge in [-0.3, -0.25) is 14.5 Å². The van der Waals surface area contributed by atoms with E-state index in [9.17, 15) is 9.59 Å². The molecule has 0 N–H and O–H groups in total. The van der Waals surface area contributed by atoms with Crippen molar-refractivity contribution in [2.45, 2.75) is 23.7 Å². The monoisotopic (exact) mass is 343 g/mol. The summed E-state index contributed by atoms with van der Waals surface area (Å²) >= 11 is 2.30. The molecule has 0 aliphatic carbocycles. The molecule has 2 rings (SSSR count). The van der Waals surface area contributed by atoms with Gasteiger partial charge >= 0.3 is 0 Å². The Morgan fingerprint density at radius 3 is 2.18 bits per heavy atom. The highest BCUT2D eigenvalue weighted by Gasteiger charge is 2.35. The molecule has 1 unspecified atom stereocenters. The maximum absolute atomic E-state index is 12.0. The van der Waals surface area contributed by atoms with Crippen molar-refractivity contribution in [3.05, 3.63) is 35.4 Å². The first-order chi connectivity index (χ1) is 8.15. The number of hydrogen-bond acceptors (Lipinski definition) is 2. The Kier molecular flexibility index (Phi) is 3.81. The fraction of sp³-hybridized carbons (Fsp3) is 0.385. The number of nitrogens with zero attached hydrogens (tertiary/aromatic N) is 1. The molecule has 3 nitrogen and oxygen atoms in total. The summed E-state index contributed by atoms with van der Waals surface area (Å²) in [6.07, 6.45) is 2.09. The lowest BCUT2D eigenvalue weighted by atomic mass is 10.1. The van der Waals surface area contributed by atoms with Crippen molar-refractivity contribution in [3.63, 3.8) is 0 Å². The highest BCUT2D eigenvalue weighted by atomic mass is 127. The number of amides is 2. The van der Waals surface area contributed by atoms with Crippen LogP contribution in [0.4, 0.5) is 0 Å². The van der Waals surface area contributed by atoms with Crippen molar-refractivity contribution in [3.8, 4) is 0 Å². The van der Waals surface area contributed by atoms with E-state index in [1.54, 1.807) is 24.3 Å². The van der Waals surface area contributed by atoms with Crippen molar-refractivity contribution in [1.29, 1.82) is 0 Å². The Hall–Kier alpha value is -0.910. The number of benzene rings is 1. The quantitative estimate of drug-likeness (QED) is 0.479. The normalized spacial score (nSPS) is 16.2. The zero-order chi connectivity index (χ0) is 12.4. The van der Waals surface area contributed by atoms with E-state index in [4.69, 9.17) is 0 Å². The first-order valence-electron chi connectivity index (χ1n) is 5.74. The topological polar surface area (TPSA) is 37.4 Å². The molecule has 1 aliphatic heterocycles. The second kappa shape index (κ2) is 5.16. The predicted molar refractivity (Wildman–Crippen MR) is 74.5 cm³/mol. The number of halogens is 1. The lowest BCUT2D eigenvalue weighted by Crippen LogP contribution is -2.34. The number of carbonyl (C=O) groups is 2. The molecule has 4 heteroatoms. The van der Waals surface area contributed by atoms with E-state index >= 15 is 0 Å². The first-order valence-corrected chi connectivity index (χ1v) is 6.99. The molecule has 90 valence electrons. The van der Waals surface area contributed by atoms with Crippen molar-refractivity contribution in [1.82, 2.24) is 4.90 Å². The number of carbonyl (C=O) groups excluding carboxylic acids is 2. The van der Waals surface area contributed by atoms with Crippen LogP contribution >= 0.6 is 22.6 Å². The largest absolute Gasteiger partial charge is 0.273 e. The van der Waals surface area contributed by atoms with Gasteiger partial charge in [-0.2, -0.15) is 0 Å². The van der Waals surface area contributed by atoms with Crippen LogP contribution < -0.4 is 0 Å². The van der Waals surface area contributed by atoms with E-state index in [0.717, 1.165) is 12.8 Å². The van der Waals surface area contributed by atoms with Crippen LogP contribution in [-0.2, 0) is 0 Å². The molecule has 1 heterocycles. The van der Waals surface area contributed by atoms with Gasteiger partial charge in [0.25, 0.3) is 11.8 Å². The molecule has 17 heavy (non-hydrogen) atoms. The van der Waals surface area contributed by atoms with Crippen molar-refractivity contribution < 1.29 is 9.59 Å². The van der Waals surface area contributed by atoms with Gasteiger partial charge in [-0.15, -0.1) is 0 Å². The molecule has 0 fully saturated rings. The van der Waals surface area contributed by atoms with Gasteiger partial charge in [-0.25, -0.2) is 0 Å². The highest BCUT2D eigenvalue weighted by molar-refractivity contribution is 14.1. The molecular weight excluding hydrogens is 329 g/mol. The SMILES string of the molecule is CCCC(I)CN1C(=O)c2ccccc2C1=O. The minimum atomic E-state index is -0.150. The molecule has 0 radical (unpaired) electrons. The van der Waals surface area contributed by atoms with Gasteiger partial charge < -0.3 is 0 Å². The fourth-order valence-electron chi connectivity index (χ4n) is 2.01. The van der Waals surface area contributed by atoms with Gasteiger partial charge in [0.15, 0.2) is 0 Å². The van der Waals surface area contributed by atoms with Gasteiger partial charge in [0.2, 0.25) is 0 Å². The Morgan fingerprint density at radius 1 is 1.18 bits per heavy atom. The van der Waals surface area contributed by atoms with E-state index in [1.165, 1.54) is 4.90 Å². The maximum atomic E-state index is 12.0. The smallest absolute Gasteiger partial charge is 0.261 e. The molecular formula is C13H14INO2. The summed E-state index contributed by atoms with van der Waals surface area (Å²) in [5.74, 6) is -0.299. The lowest BCUT2D eigenvalue weighted by Gasteiger charge is -2.17. The van der Waals surface area contributed by atoms with Crippen LogP contribution in [0.15, 0.2) is 24.3 Å². The molecule has 0 spiro atoms. The maximum Gasteiger partial charge on any atom is 0.261 e. The summed E-state index contributed by atoms with van der Waals surface area (Å²) in [4.78, 5) is 25.5. The van der Waals surface area contributed by atoms with Crippen LogP contribution in [0.25, 0.3) is 0 Å². The van der Waals surface area contributed by atoms with Crippen molar-refractivity contribution in [2.75, 3.05) is 6.54 Å². The average Bonchev–Trinajstić information content (AvgIpc) is 2.56. The molecule has 1 atom stereocenters. The molecule has 1 aromatic rings. The number of imide groups is 1.